The largest absolute Gasteiger partial charge is 0.339 e. The van der Waals surface area contributed by atoms with E-state index in [2.05, 4.69) is 25.5 Å². The monoisotopic (exact) mass is 336 g/mol. The second-order valence-corrected chi connectivity index (χ2v) is 7.25. The standard InChI is InChI=1S/C18H20N6O/c1-11-7-12(2)24(22-11)15-4-3-13(9-20-15)16-21-17(25-23-16)14-8-18(14)5-6-19-10-18/h3-4,7,9,14,19H,5-6,8,10H2,1-2H3. The van der Waals surface area contributed by atoms with Crippen LogP contribution in [-0.4, -0.2) is 38.0 Å². The lowest BCUT2D eigenvalue weighted by atomic mass is 10.0. The van der Waals surface area contributed by atoms with Crippen LogP contribution in [0.25, 0.3) is 17.2 Å². The van der Waals surface area contributed by atoms with Crippen LogP contribution in [0.15, 0.2) is 28.9 Å². The van der Waals surface area contributed by atoms with Crippen LogP contribution >= 0.6 is 0 Å². The van der Waals surface area contributed by atoms with Crippen molar-refractivity contribution in [2.24, 2.45) is 5.41 Å². The Bertz CT molecular complexity index is 919. The van der Waals surface area contributed by atoms with Gasteiger partial charge in [0, 0.05) is 29.9 Å². The average Bonchev–Trinajstić information content (AvgIpc) is 3.00. The molecule has 1 aliphatic carbocycles. The molecule has 7 nitrogen and oxygen atoms in total. The molecule has 0 radical (unpaired) electrons. The van der Waals surface area contributed by atoms with Gasteiger partial charge in [-0.25, -0.2) is 9.67 Å². The molecule has 2 atom stereocenters. The third-order valence-corrected chi connectivity index (χ3v) is 5.44. The van der Waals surface area contributed by atoms with Gasteiger partial charge in [0.25, 0.3) is 0 Å². The maximum Gasteiger partial charge on any atom is 0.230 e. The van der Waals surface area contributed by atoms with Crippen molar-refractivity contribution >= 4 is 0 Å². The Morgan fingerprint density at radius 1 is 1.32 bits per heavy atom. The average molecular weight is 336 g/mol. The molecule has 0 amide bonds. The van der Waals surface area contributed by atoms with E-state index in [9.17, 15) is 0 Å². The number of aryl methyl sites for hydroxylation is 2. The number of pyridine rings is 1. The van der Waals surface area contributed by atoms with Crippen LogP contribution in [0.5, 0.6) is 0 Å². The van der Waals surface area contributed by atoms with E-state index in [-0.39, 0.29) is 0 Å². The summed E-state index contributed by atoms with van der Waals surface area (Å²) in [5, 5.41) is 12.0. The van der Waals surface area contributed by atoms with Crippen molar-refractivity contribution in [3.8, 4) is 17.2 Å². The summed E-state index contributed by atoms with van der Waals surface area (Å²) >= 11 is 0. The first kappa shape index (κ1) is 14.8. The van der Waals surface area contributed by atoms with Crippen LogP contribution in [0.3, 0.4) is 0 Å². The molecule has 2 fully saturated rings. The van der Waals surface area contributed by atoms with Crippen LogP contribution in [0.2, 0.25) is 0 Å². The highest BCUT2D eigenvalue weighted by atomic mass is 16.5. The minimum absolute atomic E-state index is 0.362. The molecule has 25 heavy (non-hydrogen) atoms. The maximum atomic E-state index is 5.53. The van der Waals surface area contributed by atoms with Crippen molar-refractivity contribution in [3.05, 3.63) is 41.7 Å². The Labute approximate surface area is 145 Å². The number of hydrogen-bond donors (Lipinski definition) is 1. The molecular weight excluding hydrogens is 316 g/mol. The zero-order valence-corrected chi connectivity index (χ0v) is 14.4. The van der Waals surface area contributed by atoms with Crippen LogP contribution in [0.4, 0.5) is 0 Å². The Morgan fingerprint density at radius 2 is 2.24 bits per heavy atom. The third-order valence-electron chi connectivity index (χ3n) is 5.44. The van der Waals surface area contributed by atoms with Crippen molar-refractivity contribution in [1.82, 2.24) is 30.2 Å². The van der Waals surface area contributed by atoms with Gasteiger partial charge in [0.1, 0.15) is 0 Å². The van der Waals surface area contributed by atoms with Crippen LogP contribution < -0.4 is 5.32 Å². The van der Waals surface area contributed by atoms with Gasteiger partial charge in [0.15, 0.2) is 5.82 Å². The van der Waals surface area contributed by atoms with Crippen LogP contribution in [0, 0.1) is 19.3 Å². The molecule has 3 aromatic heterocycles. The summed E-state index contributed by atoms with van der Waals surface area (Å²) in [6, 6.07) is 5.93. The number of nitrogens with zero attached hydrogens (tertiary/aromatic N) is 5. The fourth-order valence-electron chi connectivity index (χ4n) is 3.93. The lowest BCUT2D eigenvalue weighted by Crippen LogP contribution is -2.10. The molecule has 0 bridgehead atoms. The molecule has 1 saturated carbocycles. The van der Waals surface area contributed by atoms with Crippen molar-refractivity contribution < 1.29 is 4.52 Å². The number of rotatable bonds is 3. The van der Waals surface area contributed by atoms with Gasteiger partial charge in [-0.2, -0.15) is 10.1 Å². The molecule has 1 spiro atoms. The van der Waals surface area contributed by atoms with Crippen molar-refractivity contribution in [3.63, 3.8) is 0 Å². The van der Waals surface area contributed by atoms with Gasteiger partial charge in [-0.3, -0.25) is 0 Å². The van der Waals surface area contributed by atoms with E-state index < -0.39 is 0 Å². The molecule has 4 heterocycles. The van der Waals surface area contributed by atoms with Crippen LogP contribution in [0.1, 0.15) is 36.0 Å². The summed E-state index contributed by atoms with van der Waals surface area (Å²) in [6.07, 6.45) is 4.13. The van der Waals surface area contributed by atoms with E-state index in [1.54, 1.807) is 6.20 Å². The van der Waals surface area contributed by atoms with Crippen molar-refractivity contribution in [2.45, 2.75) is 32.6 Å². The molecule has 7 heteroatoms. The smallest absolute Gasteiger partial charge is 0.230 e. The highest BCUT2D eigenvalue weighted by molar-refractivity contribution is 5.54. The van der Waals surface area contributed by atoms with E-state index in [0.717, 1.165) is 48.2 Å². The third kappa shape index (κ3) is 2.38. The Morgan fingerprint density at radius 3 is 2.92 bits per heavy atom. The fraction of sp³-hybridized carbons (Fsp3) is 0.444. The lowest BCUT2D eigenvalue weighted by molar-refractivity contribution is 0.364. The molecule has 0 aromatic carbocycles. The van der Waals surface area contributed by atoms with Gasteiger partial charge in [-0.15, -0.1) is 0 Å². The molecule has 5 rings (SSSR count). The van der Waals surface area contributed by atoms with Gasteiger partial charge in [0.2, 0.25) is 11.7 Å². The lowest BCUT2D eigenvalue weighted by Gasteiger charge is -2.03. The zero-order valence-electron chi connectivity index (χ0n) is 14.4. The summed E-state index contributed by atoms with van der Waals surface area (Å²) in [4.78, 5) is 9.13. The zero-order chi connectivity index (χ0) is 17.0. The fourth-order valence-corrected chi connectivity index (χ4v) is 3.93. The first-order chi connectivity index (χ1) is 12.1. The Kier molecular flexibility index (Phi) is 3.09. The van der Waals surface area contributed by atoms with Gasteiger partial charge in [-0.05, 0) is 56.8 Å². The number of nitrogens with one attached hydrogen (secondary N) is 1. The highest BCUT2D eigenvalue weighted by Gasteiger charge is 2.58. The van der Waals surface area contributed by atoms with E-state index in [1.165, 1.54) is 6.42 Å². The molecule has 128 valence electrons. The maximum absolute atomic E-state index is 5.53. The molecule has 1 aliphatic heterocycles. The second-order valence-electron chi connectivity index (χ2n) is 7.25. The number of aromatic nitrogens is 5. The van der Waals surface area contributed by atoms with Crippen molar-refractivity contribution in [2.75, 3.05) is 13.1 Å². The SMILES string of the molecule is Cc1cc(C)n(-c2ccc(-c3noc(C4CC45CCNC5)n3)cn2)n1. The van der Waals surface area contributed by atoms with E-state index in [0.29, 0.717) is 17.2 Å². The van der Waals surface area contributed by atoms with E-state index in [1.807, 2.05) is 36.7 Å². The van der Waals surface area contributed by atoms with Gasteiger partial charge in [0.05, 0.1) is 5.69 Å². The molecular formula is C18H20N6O. The Balaban J connectivity index is 1.38. The van der Waals surface area contributed by atoms with E-state index in [4.69, 9.17) is 4.52 Å². The first-order valence-electron chi connectivity index (χ1n) is 8.69. The molecule has 1 saturated heterocycles. The van der Waals surface area contributed by atoms with Gasteiger partial charge in [-0.1, -0.05) is 5.16 Å². The van der Waals surface area contributed by atoms with Gasteiger partial charge < -0.3 is 9.84 Å². The van der Waals surface area contributed by atoms with Crippen molar-refractivity contribution in [1.29, 1.82) is 0 Å². The van der Waals surface area contributed by atoms with Gasteiger partial charge >= 0.3 is 0 Å². The summed E-state index contributed by atoms with van der Waals surface area (Å²) in [5.74, 6) is 2.57. The topological polar surface area (TPSA) is 81.7 Å². The predicted octanol–water partition coefficient (Wildman–Crippen LogP) is 2.40. The van der Waals surface area contributed by atoms with Crippen LogP contribution in [-0.2, 0) is 0 Å². The number of hydrogen-bond acceptors (Lipinski definition) is 6. The molecule has 2 aliphatic rings. The normalized spacial score (nSPS) is 25.0. The predicted molar refractivity (Wildman–Crippen MR) is 91.4 cm³/mol. The molecule has 1 N–H and O–H groups in total. The summed E-state index contributed by atoms with van der Waals surface area (Å²) in [5.41, 5.74) is 3.26. The summed E-state index contributed by atoms with van der Waals surface area (Å²) < 4.78 is 7.37. The second kappa shape index (κ2) is 5.23. The first-order valence-corrected chi connectivity index (χ1v) is 8.69. The summed E-state index contributed by atoms with van der Waals surface area (Å²) in [7, 11) is 0. The molecule has 2 unspecified atom stereocenters. The van der Waals surface area contributed by atoms with E-state index >= 15 is 0 Å². The minimum atomic E-state index is 0.362. The minimum Gasteiger partial charge on any atom is -0.339 e. The Hall–Kier alpha value is -2.54. The quantitative estimate of drug-likeness (QED) is 0.791. The molecule has 3 aromatic rings. The summed E-state index contributed by atoms with van der Waals surface area (Å²) in [6.45, 7) is 6.15. The highest BCUT2D eigenvalue weighted by Crippen LogP contribution is 2.62.